The topological polar surface area (TPSA) is 58.6 Å². The van der Waals surface area contributed by atoms with Crippen molar-refractivity contribution in [3.8, 4) is 0 Å². The molecule has 0 aliphatic heterocycles. The molecule has 1 fully saturated rings. The number of carbonyl (C=O) groups is 2. The van der Waals surface area contributed by atoms with Crippen LogP contribution in [0.2, 0.25) is 0 Å². The number of ether oxygens (including phenoxy) is 1. The molecule has 1 rings (SSSR count). The molecule has 5 nitrogen and oxygen atoms in total. The zero-order valence-electron chi connectivity index (χ0n) is 11.7. The van der Waals surface area contributed by atoms with Gasteiger partial charge in [-0.25, -0.2) is 4.79 Å². The van der Waals surface area contributed by atoms with Gasteiger partial charge < -0.3 is 10.1 Å². The largest absolute Gasteiger partial charge is 0.467 e. The molecule has 1 aliphatic carbocycles. The number of carbonyl (C=O) groups excluding carboxylic acids is 2. The maximum Gasteiger partial charge on any atom is 0.329 e. The van der Waals surface area contributed by atoms with E-state index in [2.05, 4.69) is 24.1 Å². The minimum Gasteiger partial charge on any atom is -0.467 e. The number of nitrogens with zero attached hydrogens (tertiary/aromatic N) is 1. The summed E-state index contributed by atoms with van der Waals surface area (Å²) in [5.74, 6) is 0.162. The Morgan fingerprint density at radius 3 is 2.39 bits per heavy atom. The molecule has 0 bridgehead atoms. The smallest absolute Gasteiger partial charge is 0.329 e. The lowest BCUT2D eigenvalue weighted by atomic mass is 10.2. The molecule has 104 valence electrons. The Morgan fingerprint density at radius 1 is 1.39 bits per heavy atom. The van der Waals surface area contributed by atoms with Gasteiger partial charge in [-0.3, -0.25) is 9.69 Å². The van der Waals surface area contributed by atoms with Crippen molar-refractivity contribution < 1.29 is 14.3 Å². The number of methoxy groups -OCH3 is 1. The highest BCUT2D eigenvalue weighted by atomic mass is 16.5. The van der Waals surface area contributed by atoms with Crippen molar-refractivity contribution in [2.45, 2.75) is 45.7 Å². The van der Waals surface area contributed by atoms with E-state index in [9.17, 15) is 9.59 Å². The number of amides is 1. The summed E-state index contributed by atoms with van der Waals surface area (Å²) in [7, 11) is 1.34. The highest BCUT2D eigenvalue weighted by Gasteiger charge is 2.29. The first-order valence-corrected chi connectivity index (χ1v) is 6.53. The first-order valence-electron chi connectivity index (χ1n) is 6.53. The van der Waals surface area contributed by atoms with E-state index in [0.717, 1.165) is 12.5 Å². The summed E-state index contributed by atoms with van der Waals surface area (Å²) >= 11 is 0. The summed E-state index contributed by atoms with van der Waals surface area (Å²) in [6.45, 7) is 7.12. The van der Waals surface area contributed by atoms with E-state index in [1.165, 1.54) is 26.9 Å². The monoisotopic (exact) mass is 256 g/mol. The highest BCUT2D eigenvalue weighted by Crippen LogP contribution is 2.30. The van der Waals surface area contributed by atoms with Gasteiger partial charge in [0.05, 0.1) is 7.11 Å². The van der Waals surface area contributed by atoms with Crippen molar-refractivity contribution in [3.05, 3.63) is 0 Å². The van der Waals surface area contributed by atoms with Crippen LogP contribution in [-0.2, 0) is 14.3 Å². The third-order valence-electron chi connectivity index (χ3n) is 3.20. The molecular formula is C13H24N2O3. The number of nitrogens with one attached hydrogen (secondary N) is 1. The van der Waals surface area contributed by atoms with Crippen molar-refractivity contribution in [2.24, 2.45) is 5.92 Å². The molecule has 5 heteroatoms. The van der Waals surface area contributed by atoms with Crippen LogP contribution in [0.25, 0.3) is 0 Å². The fourth-order valence-corrected chi connectivity index (χ4v) is 1.93. The quantitative estimate of drug-likeness (QED) is 0.684. The standard InChI is InChI=1S/C13H24N2O3/c1-9(2)15(7-11-5-6-11)8-12(13(17)18-4)14-10(3)16/h9,11-12H,5-8H2,1-4H3,(H,14,16). The Bertz CT molecular complexity index is 301. The summed E-state index contributed by atoms with van der Waals surface area (Å²) in [5.41, 5.74) is 0. The minimum atomic E-state index is -0.575. The molecule has 0 radical (unpaired) electrons. The Balaban J connectivity index is 2.58. The molecule has 1 N–H and O–H groups in total. The van der Waals surface area contributed by atoms with Crippen molar-refractivity contribution in [1.82, 2.24) is 10.2 Å². The number of hydrogen-bond acceptors (Lipinski definition) is 4. The van der Waals surface area contributed by atoms with Crippen molar-refractivity contribution in [1.29, 1.82) is 0 Å². The van der Waals surface area contributed by atoms with Crippen LogP contribution in [0.4, 0.5) is 0 Å². The second kappa shape index (κ2) is 6.73. The molecule has 0 aromatic carbocycles. The SMILES string of the molecule is COC(=O)C(CN(CC1CC1)C(C)C)NC(C)=O. The lowest BCUT2D eigenvalue weighted by Gasteiger charge is -2.29. The molecule has 1 saturated carbocycles. The van der Waals surface area contributed by atoms with E-state index in [1.54, 1.807) is 0 Å². The Labute approximate surface area is 109 Å². The second-order valence-corrected chi connectivity index (χ2v) is 5.27. The molecule has 1 aliphatic rings. The summed E-state index contributed by atoms with van der Waals surface area (Å²) in [4.78, 5) is 25.0. The average Bonchev–Trinajstić information content (AvgIpc) is 3.09. The van der Waals surface area contributed by atoms with Gasteiger partial charge in [0.2, 0.25) is 5.91 Å². The molecule has 1 atom stereocenters. The van der Waals surface area contributed by atoms with Gasteiger partial charge in [-0.05, 0) is 32.6 Å². The van der Waals surface area contributed by atoms with Crippen molar-refractivity contribution >= 4 is 11.9 Å². The van der Waals surface area contributed by atoms with Crippen LogP contribution in [0.3, 0.4) is 0 Å². The Hall–Kier alpha value is -1.10. The van der Waals surface area contributed by atoms with Crippen LogP contribution in [0.15, 0.2) is 0 Å². The molecular weight excluding hydrogens is 232 g/mol. The van der Waals surface area contributed by atoms with Crippen LogP contribution in [0.1, 0.15) is 33.6 Å². The molecule has 0 aromatic rings. The predicted molar refractivity (Wildman–Crippen MR) is 69.1 cm³/mol. The zero-order valence-corrected chi connectivity index (χ0v) is 11.7. The van der Waals surface area contributed by atoms with E-state index in [-0.39, 0.29) is 11.9 Å². The molecule has 0 spiro atoms. The Kier molecular flexibility index (Phi) is 5.59. The first kappa shape index (κ1) is 15.0. The van der Waals surface area contributed by atoms with Gasteiger partial charge >= 0.3 is 5.97 Å². The zero-order chi connectivity index (χ0) is 13.7. The molecule has 0 heterocycles. The fourth-order valence-electron chi connectivity index (χ4n) is 1.93. The van der Waals surface area contributed by atoms with Crippen LogP contribution in [0, 0.1) is 5.92 Å². The summed E-state index contributed by atoms with van der Waals surface area (Å²) in [6, 6.07) is -0.222. The van der Waals surface area contributed by atoms with Crippen LogP contribution in [-0.4, -0.2) is 49.1 Å². The van der Waals surface area contributed by atoms with Gasteiger partial charge in [-0.2, -0.15) is 0 Å². The third-order valence-corrected chi connectivity index (χ3v) is 3.20. The second-order valence-electron chi connectivity index (χ2n) is 5.27. The molecule has 0 aromatic heterocycles. The van der Waals surface area contributed by atoms with Gasteiger partial charge in [-0.1, -0.05) is 0 Å². The summed E-state index contributed by atoms with van der Waals surface area (Å²) in [6.07, 6.45) is 2.54. The van der Waals surface area contributed by atoms with Gasteiger partial charge in [0.25, 0.3) is 0 Å². The fraction of sp³-hybridized carbons (Fsp3) is 0.846. The van der Waals surface area contributed by atoms with E-state index < -0.39 is 6.04 Å². The lowest BCUT2D eigenvalue weighted by Crippen LogP contribution is -2.50. The van der Waals surface area contributed by atoms with Crippen LogP contribution >= 0.6 is 0 Å². The van der Waals surface area contributed by atoms with Gasteiger partial charge in [-0.15, -0.1) is 0 Å². The van der Waals surface area contributed by atoms with Crippen molar-refractivity contribution in [2.75, 3.05) is 20.2 Å². The average molecular weight is 256 g/mol. The van der Waals surface area contributed by atoms with Gasteiger partial charge in [0, 0.05) is 26.1 Å². The lowest BCUT2D eigenvalue weighted by molar-refractivity contribution is -0.145. The number of rotatable bonds is 7. The maximum atomic E-state index is 11.6. The summed E-state index contributed by atoms with van der Waals surface area (Å²) in [5, 5.41) is 2.65. The maximum absolute atomic E-state index is 11.6. The highest BCUT2D eigenvalue weighted by molar-refractivity contribution is 5.83. The van der Waals surface area contributed by atoms with Crippen molar-refractivity contribution in [3.63, 3.8) is 0 Å². The van der Waals surface area contributed by atoms with Crippen LogP contribution < -0.4 is 5.32 Å². The third kappa shape index (κ3) is 5.04. The molecule has 18 heavy (non-hydrogen) atoms. The first-order chi connectivity index (χ1) is 8.43. The number of esters is 1. The van der Waals surface area contributed by atoms with E-state index in [0.29, 0.717) is 12.6 Å². The van der Waals surface area contributed by atoms with E-state index in [1.807, 2.05) is 0 Å². The minimum absolute atomic E-state index is 0.208. The number of hydrogen-bond donors (Lipinski definition) is 1. The molecule has 1 amide bonds. The van der Waals surface area contributed by atoms with Crippen LogP contribution in [0.5, 0.6) is 0 Å². The predicted octanol–water partition coefficient (Wildman–Crippen LogP) is 0.784. The summed E-state index contributed by atoms with van der Waals surface area (Å²) < 4.78 is 4.73. The van der Waals surface area contributed by atoms with E-state index in [4.69, 9.17) is 4.74 Å². The molecule has 0 saturated heterocycles. The normalized spacial score (nSPS) is 16.8. The van der Waals surface area contributed by atoms with E-state index >= 15 is 0 Å². The van der Waals surface area contributed by atoms with Gasteiger partial charge in [0.15, 0.2) is 0 Å². The Morgan fingerprint density at radius 2 is 2.00 bits per heavy atom. The molecule has 1 unspecified atom stereocenters. The van der Waals surface area contributed by atoms with Gasteiger partial charge in [0.1, 0.15) is 6.04 Å².